The van der Waals surface area contributed by atoms with Crippen LogP contribution in [-0.2, 0) is 9.53 Å². The Kier molecular flexibility index (Phi) is 1.89. The maximum Gasteiger partial charge on any atom is 0.309 e. The highest BCUT2D eigenvalue weighted by Crippen LogP contribution is 2.54. The van der Waals surface area contributed by atoms with Crippen molar-refractivity contribution in [3.8, 4) is 0 Å². The second-order valence-corrected chi connectivity index (χ2v) is 4.77. The van der Waals surface area contributed by atoms with E-state index in [9.17, 15) is 4.79 Å². The van der Waals surface area contributed by atoms with Gasteiger partial charge in [0.2, 0.25) is 0 Å². The van der Waals surface area contributed by atoms with Crippen molar-refractivity contribution < 1.29 is 9.53 Å². The molecule has 1 aliphatic heterocycles. The van der Waals surface area contributed by atoms with Crippen molar-refractivity contribution in [1.29, 1.82) is 0 Å². The van der Waals surface area contributed by atoms with Gasteiger partial charge in [-0.3, -0.25) is 4.79 Å². The lowest BCUT2D eigenvalue weighted by Gasteiger charge is -2.46. The third-order valence-electron chi connectivity index (χ3n) is 4.21. The van der Waals surface area contributed by atoms with E-state index in [0.29, 0.717) is 18.4 Å². The van der Waals surface area contributed by atoms with Crippen LogP contribution in [0.2, 0.25) is 0 Å². The second-order valence-electron chi connectivity index (χ2n) is 4.77. The van der Waals surface area contributed by atoms with Gasteiger partial charge in [-0.25, -0.2) is 0 Å². The Hall–Kier alpha value is -0.790. The molecular formula is C12H16O2. The van der Waals surface area contributed by atoms with Crippen molar-refractivity contribution in [2.45, 2.75) is 25.7 Å². The van der Waals surface area contributed by atoms with Crippen molar-refractivity contribution in [1.82, 2.24) is 0 Å². The number of esters is 1. The van der Waals surface area contributed by atoms with Gasteiger partial charge in [0.05, 0.1) is 12.5 Å². The first-order valence-electron chi connectivity index (χ1n) is 5.69. The molecular weight excluding hydrogens is 176 g/mol. The van der Waals surface area contributed by atoms with Crippen LogP contribution in [0.5, 0.6) is 0 Å². The summed E-state index contributed by atoms with van der Waals surface area (Å²) in [6, 6.07) is 0. The lowest BCUT2D eigenvalue weighted by molar-refractivity contribution is -0.146. The minimum atomic E-state index is 0.0841. The van der Waals surface area contributed by atoms with Crippen LogP contribution in [0.1, 0.15) is 25.7 Å². The zero-order valence-electron chi connectivity index (χ0n) is 8.32. The molecule has 0 spiro atoms. The molecule has 0 N–H and O–H groups in total. The summed E-state index contributed by atoms with van der Waals surface area (Å²) in [6.07, 6.45) is 9.36. The van der Waals surface area contributed by atoms with E-state index in [2.05, 4.69) is 12.2 Å². The molecule has 2 nitrogen and oxygen atoms in total. The molecule has 1 saturated heterocycles. The summed E-state index contributed by atoms with van der Waals surface area (Å²) in [7, 11) is 0. The van der Waals surface area contributed by atoms with Crippen molar-refractivity contribution in [3.63, 3.8) is 0 Å². The van der Waals surface area contributed by atoms with E-state index in [1.165, 1.54) is 19.3 Å². The molecule has 3 aliphatic rings. The summed E-state index contributed by atoms with van der Waals surface area (Å²) in [5.41, 5.74) is 0. The smallest absolute Gasteiger partial charge is 0.309 e. The maximum atomic E-state index is 11.4. The van der Waals surface area contributed by atoms with Crippen molar-refractivity contribution in [2.75, 3.05) is 6.61 Å². The zero-order chi connectivity index (χ0) is 9.54. The van der Waals surface area contributed by atoms with Gasteiger partial charge in [-0.05, 0) is 37.5 Å². The summed E-state index contributed by atoms with van der Waals surface area (Å²) < 4.78 is 5.15. The van der Waals surface area contributed by atoms with Crippen LogP contribution in [0, 0.1) is 23.7 Å². The van der Waals surface area contributed by atoms with E-state index >= 15 is 0 Å². The normalized spacial score (nSPS) is 47.9. The second kappa shape index (κ2) is 3.11. The quantitative estimate of drug-likeness (QED) is 0.434. The van der Waals surface area contributed by atoms with Gasteiger partial charge >= 0.3 is 5.97 Å². The first-order chi connectivity index (χ1) is 6.88. The molecule has 2 aliphatic carbocycles. The SMILES string of the molecule is O=C1OC[C@@H]2[C@H]3CC/C=C\CC[C@@H]3[C@H]12. The number of fused-ring (bicyclic) bond motifs is 4. The van der Waals surface area contributed by atoms with Gasteiger partial charge < -0.3 is 4.74 Å². The summed E-state index contributed by atoms with van der Waals surface area (Å²) in [5.74, 6) is 2.34. The van der Waals surface area contributed by atoms with Gasteiger partial charge in [0, 0.05) is 5.92 Å². The number of carbonyl (C=O) groups excluding carboxylic acids is 1. The monoisotopic (exact) mass is 192 g/mol. The van der Waals surface area contributed by atoms with Gasteiger partial charge in [0.25, 0.3) is 0 Å². The highest BCUT2D eigenvalue weighted by Gasteiger charge is 2.57. The molecule has 0 unspecified atom stereocenters. The Morgan fingerprint density at radius 1 is 1.07 bits per heavy atom. The van der Waals surface area contributed by atoms with Gasteiger partial charge in [-0.15, -0.1) is 0 Å². The van der Waals surface area contributed by atoms with Crippen LogP contribution in [0.4, 0.5) is 0 Å². The van der Waals surface area contributed by atoms with E-state index in [1.54, 1.807) is 0 Å². The maximum absolute atomic E-state index is 11.4. The van der Waals surface area contributed by atoms with Crippen LogP contribution in [-0.4, -0.2) is 12.6 Å². The average molecular weight is 192 g/mol. The highest BCUT2D eigenvalue weighted by atomic mass is 16.5. The van der Waals surface area contributed by atoms with Crippen LogP contribution in [0.25, 0.3) is 0 Å². The van der Waals surface area contributed by atoms with E-state index in [-0.39, 0.29) is 11.9 Å². The molecule has 0 aromatic heterocycles. The minimum Gasteiger partial charge on any atom is -0.465 e. The van der Waals surface area contributed by atoms with E-state index in [4.69, 9.17) is 4.74 Å². The average Bonchev–Trinajstić information content (AvgIpc) is 2.44. The number of rotatable bonds is 0. The predicted octanol–water partition coefficient (Wildman–Crippen LogP) is 2.15. The fourth-order valence-electron chi connectivity index (χ4n) is 3.51. The number of carbonyl (C=O) groups is 1. The Morgan fingerprint density at radius 3 is 2.57 bits per heavy atom. The van der Waals surface area contributed by atoms with Crippen LogP contribution >= 0.6 is 0 Å². The summed E-state index contributed by atoms with van der Waals surface area (Å²) in [4.78, 5) is 11.4. The van der Waals surface area contributed by atoms with Crippen LogP contribution in [0.15, 0.2) is 12.2 Å². The van der Waals surface area contributed by atoms with Crippen LogP contribution in [0.3, 0.4) is 0 Å². The molecule has 4 atom stereocenters. The first kappa shape index (κ1) is 8.51. The predicted molar refractivity (Wildman–Crippen MR) is 52.5 cm³/mol. The minimum absolute atomic E-state index is 0.0841. The van der Waals surface area contributed by atoms with E-state index < -0.39 is 0 Å². The standard InChI is InChI=1S/C12H16O2/c13-12-11-9-6-4-2-1-3-5-8(9)10(11)7-14-12/h1-2,8-11H,3-7H2/b2-1-/t8-,9-,10+,11-/m0/s1. The molecule has 0 radical (unpaired) electrons. The third kappa shape index (κ3) is 1.06. The van der Waals surface area contributed by atoms with Gasteiger partial charge in [0.1, 0.15) is 0 Å². The van der Waals surface area contributed by atoms with Crippen molar-refractivity contribution in [2.24, 2.45) is 23.7 Å². The summed E-state index contributed by atoms with van der Waals surface area (Å²) in [6.45, 7) is 0.703. The molecule has 76 valence electrons. The molecule has 14 heavy (non-hydrogen) atoms. The molecule has 3 rings (SSSR count). The number of hydrogen-bond acceptors (Lipinski definition) is 2. The summed E-state index contributed by atoms with van der Waals surface area (Å²) >= 11 is 0. The molecule has 0 aromatic rings. The Balaban J connectivity index is 1.78. The summed E-state index contributed by atoms with van der Waals surface area (Å²) in [5, 5.41) is 0. The Bertz CT molecular complexity index is 282. The van der Waals surface area contributed by atoms with Crippen molar-refractivity contribution in [3.05, 3.63) is 12.2 Å². The molecule has 2 fully saturated rings. The first-order valence-corrected chi connectivity index (χ1v) is 5.69. The fourth-order valence-corrected chi connectivity index (χ4v) is 3.51. The van der Waals surface area contributed by atoms with E-state index in [1.807, 2.05) is 0 Å². The largest absolute Gasteiger partial charge is 0.465 e. The van der Waals surface area contributed by atoms with Gasteiger partial charge in [-0.1, -0.05) is 12.2 Å². The zero-order valence-corrected chi connectivity index (χ0v) is 8.32. The van der Waals surface area contributed by atoms with Gasteiger partial charge in [0.15, 0.2) is 0 Å². The lowest BCUT2D eigenvalue weighted by atomic mass is 9.55. The molecule has 1 saturated carbocycles. The highest BCUT2D eigenvalue weighted by molar-refractivity contribution is 5.76. The third-order valence-corrected chi connectivity index (χ3v) is 4.21. The molecule has 0 amide bonds. The van der Waals surface area contributed by atoms with Crippen molar-refractivity contribution >= 4 is 5.97 Å². The topological polar surface area (TPSA) is 26.3 Å². The lowest BCUT2D eigenvalue weighted by Crippen LogP contribution is -2.47. The Morgan fingerprint density at radius 2 is 1.79 bits per heavy atom. The molecule has 2 heteroatoms. The molecule has 0 aromatic carbocycles. The molecule has 1 heterocycles. The van der Waals surface area contributed by atoms with Crippen LogP contribution < -0.4 is 0 Å². The molecule has 0 bridgehead atoms. The van der Waals surface area contributed by atoms with E-state index in [0.717, 1.165) is 12.3 Å². The van der Waals surface area contributed by atoms with Gasteiger partial charge in [-0.2, -0.15) is 0 Å². The Labute approximate surface area is 84.3 Å². The number of hydrogen-bond donors (Lipinski definition) is 0. The number of allylic oxidation sites excluding steroid dienone is 2. The fraction of sp³-hybridized carbons (Fsp3) is 0.750. The number of ether oxygens (including phenoxy) is 1. The number of cyclic esters (lactones) is 1.